The van der Waals surface area contributed by atoms with E-state index < -0.39 is 23.6 Å². The maximum absolute atomic E-state index is 14.0. The van der Waals surface area contributed by atoms with Gasteiger partial charge in [0.15, 0.2) is 0 Å². The van der Waals surface area contributed by atoms with E-state index in [0.29, 0.717) is 6.54 Å². The Hall–Kier alpha value is -1.88. The van der Waals surface area contributed by atoms with E-state index in [4.69, 9.17) is 0 Å². The lowest BCUT2D eigenvalue weighted by atomic mass is 9.93. The highest BCUT2D eigenvalue weighted by Gasteiger charge is 2.35. The van der Waals surface area contributed by atoms with E-state index in [1.165, 1.54) is 36.4 Å². The van der Waals surface area contributed by atoms with Gasteiger partial charge in [-0.1, -0.05) is 43.3 Å². The average molecular weight is 297 g/mol. The molecule has 0 aliphatic heterocycles. The predicted octanol–water partition coefficient (Wildman–Crippen LogP) is 4.54. The molecule has 0 amide bonds. The van der Waals surface area contributed by atoms with E-state index in [-0.39, 0.29) is 11.1 Å². The average Bonchev–Trinajstić information content (AvgIpc) is 2.45. The van der Waals surface area contributed by atoms with E-state index in [9.17, 15) is 17.6 Å². The summed E-state index contributed by atoms with van der Waals surface area (Å²) >= 11 is 0. The predicted molar refractivity (Wildman–Crippen MR) is 73.4 cm³/mol. The van der Waals surface area contributed by atoms with Crippen LogP contribution in [0.25, 0.3) is 0 Å². The zero-order chi connectivity index (χ0) is 15.5. The van der Waals surface area contributed by atoms with Gasteiger partial charge >= 0.3 is 6.18 Å². The van der Waals surface area contributed by atoms with Gasteiger partial charge in [0.2, 0.25) is 0 Å². The number of benzene rings is 2. The van der Waals surface area contributed by atoms with Gasteiger partial charge in [-0.3, -0.25) is 0 Å². The molecule has 0 fully saturated rings. The molecule has 0 aliphatic carbocycles. The van der Waals surface area contributed by atoms with Crippen LogP contribution in [0.15, 0.2) is 48.5 Å². The van der Waals surface area contributed by atoms with Gasteiger partial charge in [-0.2, -0.15) is 13.2 Å². The van der Waals surface area contributed by atoms with Gasteiger partial charge in [0, 0.05) is 5.56 Å². The smallest absolute Gasteiger partial charge is 0.306 e. The lowest BCUT2D eigenvalue weighted by Crippen LogP contribution is -2.25. The first-order chi connectivity index (χ1) is 9.95. The Morgan fingerprint density at radius 1 is 0.952 bits per heavy atom. The second kappa shape index (κ2) is 6.26. The van der Waals surface area contributed by atoms with Crippen LogP contribution in [0.2, 0.25) is 0 Å². The molecule has 0 heterocycles. The van der Waals surface area contributed by atoms with Gasteiger partial charge in [-0.15, -0.1) is 0 Å². The summed E-state index contributed by atoms with van der Waals surface area (Å²) in [7, 11) is 0. The summed E-state index contributed by atoms with van der Waals surface area (Å²) in [6.45, 7) is 2.19. The number of hydrogen-bond acceptors (Lipinski definition) is 1. The molecule has 1 N–H and O–H groups in total. The summed E-state index contributed by atoms with van der Waals surface area (Å²) in [6, 6.07) is 10.3. The Morgan fingerprint density at radius 3 is 2.10 bits per heavy atom. The number of hydrogen-bond donors (Lipinski definition) is 1. The summed E-state index contributed by atoms with van der Waals surface area (Å²) in [4.78, 5) is 0. The highest BCUT2D eigenvalue weighted by molar-refractivity contribution is 5.39. The van der Waals surface area contributed by atoms with Gasteiger partial charge in [-0.05, 0) is 24.2 Å². The minimum absolute atomic E-state index is 0.0250. The number of alkyl halides is 3. The largest absolute Gasteiger partial charge is 0.416 e. The first kappa shape index (κ1) is 15.5. The van der Waals surface area contributed by atoms with Gasteiger partial charge in [-0.25, -0.2) is 4.39 Å². The van der Waals surface area contributed by atoms with E-state index in [1.807, 2.05) is 0 Å². The van der Waals surface area contributed by atoms with Crippen LogP contribution in [0.1, 0.15) is 29.7 Å². The summed E-state index contributed by atoms with van der Waals surface area (Å²) < 4.78 is 53.4. The van der Waals surface area contributed by atoms with Crippen molar-refractivity contribution in [2.24, 2.45) is 0 Å². The van der Waals surface area contributed by atoms with Crippen LogP contribution in [0.5, 0.6) is 0 Å². The van der Waals surface area contributed by atoms with E-state index >= 15 is 0 Å². The van der Waals surface area contributed by atoms with Crippen LogP contribution in [0.4, 0.5) is 17.6 Å². The fourth-order valence-corrected chi connectivity index (χ4v) is 2.31. The zero-order valence-electron chi connectivity index (χ0n) is 11.4. The summed E-state index contributed by atoms with van der Waals surface area (Å²) in [5.74, 6) is -0.527. The van der Waals surface area contributed by atoms with Crippen molar-refractivity contribution in [3.63, 3.8) is 0 Å². The molecule has 0 spiro atoms. The minimum Gasteiger partial charge on any atom is -0.306 e. The molecule has 21 heavy (non-hydrogen) atoms. The maximum Gasteiger partial charge on any atom is 0.416 e. The third-order valence-electron chi connectivity index (χ3n) is 3.20. The summed E-state index contributed by atoms with van der Waals surface area (Å²) in [5.41, 5.74) is -0.521. The zero-order valence-corrected chi connectivity index (χ0v) is 11.4. The molecular weight excluding hydrogens is 282 g/mol. The number of halogens is 4. The molecule has 0 saturated carbocycles. The molecular formula is C16H15F4N. The van der Waals surface area contributed by atoms with E-state index in [2.05, 4.69) is 5.32 Å². The topological polar surface area (TPSA) is 12.0 Å². The Balaban J connectivity index is 2.57. The van der Waals surface area contributed by atoms with E-state index in [0.717, 1.165) is 6.07 Å². The second-order valence-corrected chi connectivity index (χ2v) is 4.60. The molecule has 5 heteroatoms. The van der Waals surface area contributed by atoms with E-state index in [1.54, 1.807) is 13.0 Å². The fraction of sp³-hybridized carbons (Fsp3) is 0.250. The first-order valence-electron chi connectivity index (χ1n) is 6.59. The standard InChI is InChI=1S/C16H15F4N/c1-2-21-15(12-8-4-6-10-14(12)17)11-7-3-5-9-13(11)16(18,19)20/h3-10,15,21H,2H2,1H3. The van der Waals surface area contributed by atoms with Crippen molar-refractivity contribution in [2.45, 2.75) is 19.1 Å². The molecule has 2 aromatic carbocycles. The van der Waals surface area contributed by atoms with Gasteiger partial charge in [0.25, 0.3) is 0 Å². The molecule has 1 nitrogen and oxygen atoms in total. The summed E-state index contributed by atoms with van der Waals surface area (Å²) in [5, 5.41) is 2.93. The van der Waals surface area contributed by atoms with Gasteiger partial charge < -0.3 is 5.32 Å². The first-order valence-corrected chi connectivity index (χ1v) is 6.59. The highest BCUT2D eigenvalue weighted by Crippen LogP contribution is 2.36. The van der Waals surface area contributed by atoms with Gasteiger partial charge in [0.1, 0.15) is 5.82 Å². The molecule has 2 rings (SSSR count). The van der Waals surface area contributed by atoms with Crippen molar-refractivity contribution in [2.75, 3.05) is 6.54 Å². The van der Waals surface area contributed by atoms with Crippen molar-refractivity contribution in [3.8, 4) is 0 Å². The lowest BCUT2D eigenvalue weighted by molar-refractivity contribution is -0.138. The molecule has 1 unspecified atom stereocenters. The number of rotatable bonds is 4. The minimum atomic E-state index is -4.48. The van der Waals surface area contributed by atoms with Crippen molar-refractivity contribution in [1.29, 1.82) is 0 Å². The molecule has 112 valence electrons. The van der Waals surface area contributed by atoms with Crippen LogP contribution in [-0.4, -0.2) is 6.54 Å². The lowest BCUT2D eigenvalue weighted by Gasteiger charge is -2.23. The summed E-state index contributed by atoms with van der Waals surface area (Å²) in [6.07, 6.45) is -4.48. The molecule has 2 aromatic rings. The Bertz CT molecular complexity index is 607. The second-order valence-electron chi connectivity index (χ2n) is 4.60. The molecule has 0 aromatic heterocycles. The molecule has 0 radical (unpaired) electrons. The van der Waals surface area contributed by atoms with Crippen LogP contribution in [0.3, 0.4) is 0 Å². The Morgan fingerprint density at radius 2 is 1.52 bits per heavy atom. The third kappa shape index (κ3) is 3.42. The van der Waals surface area contributed by atoms with Gasteiger partial charge in [0.05, 0.1) is 11.6 Å². The number of nitrogens with one attached hydrogen (secondary N) is 1. The van der Waals surface area contributed by atoms with Crippen molar-refractivity contribution in [3.05, 3.63) is 71.0 Å². The quantitative estimate of drug-likeness (QED) is 0.817. The van der Waals surface area contributed by atoms with Crippen LogP contribution >= 0.6 is 0 Å². The molecule has 1 atom stereocenters. The van der Waals surface area contributed by atoms with Crippen LogP contribution < -0.4 is 5.32 Å². The van der Waals surface area contributed by atoms with Crippen molar-refractivity contribution >= 4 is 0 Å². The Labute approximate surface area is 120 Å². The van der Waals surface area contributed by atoms with Crippen molar-refractivity contribution in [1.82, 2.24) is 5.32 Å². The normalized spacial score (nSPS) is 13.2. The highest BCUT2D eigenvalue weighted by atomic mass is 19.4. The third-order valence-corrected chi connectivity index (χ3v) is 3.20. The monoisotopic (exact) mass is 297 g/mol. The maximum atomic E-state index is 14.0. The Kier molecular flexibility index (Phi) is 4.63. The SMILES string of the molecule is CCNC(c1ccccc1F)c1ccccc1C(F)(F)F. The molecule has 0 saturated heterocycles. The van der Waals surface area contributed by atoms with Crippen LogP contribution in [-0.2, 0) is 6.18 Å². The molecule has 0 aliphatic rings. The fourth-order valence-electron chi connectivity index (χ4n) is 2.31. The van der Waals surface area contributed by atoms with Crippen molar-refractivity contribution < 1.29 is 17.6 Å². The van der Waals surface area contributed by atoms with Crippen LogP contribution in [0, 0.1) is 5.82 Å². The molecule has 0 bridgehead atoms.